The van der Waals surface area contributed by atoms with Crippen LogP contribution in [-0.4, -0.2) is 39.4 Å². The van der Waals surface area contributed by atoms with E-state index in [1.165, 1.54) is 16.7 Å². The molecule has 1 heterocycles. The first kappa shape index (κ1) is 16.2. The standard InChI is InChI=1S/C15H19NO3S2/c1-9-3-5-11(6-4-9)14-16(13(17)10(2)7-20)12(8-21-14)15(18)19/h3-6,10,12,14,20H,7-8H2,1-2H3,(H,18,19)/t10-,12+,14?/m1/s1. The molecule has 1 unspecified atom stereocenters. The van der Waals surface area contributed by atoms with Gasteiger partial charge in [-0.15, -0.1) is 11.8 Å². The quantitative estimate of drug-likeness (QED) is 0.836. The van der Waals surface area contributed by atoms with E-state index in [1.54, 1.807) is 6.92 Å². The van der Waals surface area contributed by atoms with E-state index in [1.807, 2.05) is 31.2 Å². The molecule has 0 radical (unpaired) electrons. The highest BCUT2D eigenvalue weighted by atomic mass is 32.2. The zero-order chi connectivity index (χ0) is 15.6. The van der Waals surface area contributed by atoms with E-state index in [-0.39, 0.29) is 17.2 Å². The highest BCUT2D eigenvalue weighted by molar-refractivity contribution is 7.99. The fourth-order valence-corrected chi connectivity index (χ4v) is 3.87. The molecule has 1 saturated heterocycles. The van der Waals surface area contributed by atoms with Gasteiger partial charge in [-0.2, -0.15) is 12.6 Å². The lowest BCUT2D eigenvalue weighted by Gasteiger charge is -2.29. The number of thioether (sulfide) groups is 1. The second-order valence-corrected chi connectivity index (χ2v) is 6.76. The number of carboxylic acids is 1. The van der Waals surface area contributed by atoms with Crippen LogP contribution in [0.15, 0.2) is 24.3 Å². The molecule has 1 N–H and O–H groups in total. The van der Waals surface area contributed by atoms with Gasteiger partial charge in [-0.3, -0.25) is 4.79 Å². The van der Waals surface area contributed by atoms with Gasteiger partial charge in [-0.05, 0) is 12.5 Å². The number of aryl methyl sites for hydroxylation is 1. The van der Waals surface area contributed by atoms with Crippen LogP contribution in [0.1, 0.15) is 23.4 Å². The summed E-state index contributed by atoms with van der Waals surface area (Å²) in [7, 11) is 0. The maximum absolute atomic E-state index is 12.5. The predicted octanol–water partition coefficient (Wildman–Crippen LogP) is 2.59. The number of carbonyl (C=O) groups is 2. The van der Waals surface area contributed by atoms with Gasteiger partial charge in [0, 0.05) is 17.4 Å². The van der Waals surface area contributed by atoms with Crippen molar-refractivity contribution >= 4 is 36.3 Å². The van der Waals surface area contributed by atoms with Crippen molar-refractivity contribution in [3.05, 3.63) is 35.4 Å². The molecule has 21 heavy (non-hydrogen) atoms. The van der Waals surface area contributed by atoms with Crippen LogP contribution >= 0.6 is 24.4 Å². The second kappa shape index (κ2) is 6.75. The van der Waals surface area contributed by atoms with E-state index in [4.69, 9.17) is 0 Å². The zero-order valence-corrected chi connectivity index (χ0v) is 13.7. The number of aliphatic carboxylic acids is 1. The minimum atomic E-state index is -0.947. The molecule has 114 valence electrons. The summed E-state index contributed by atoms with van der Waals surface area (Å²) in [6, 6.07) is 7.12. The average molecular weight is 325 g/mol. The van der Waals surface area contributed by atoms with E-state index in [2.05, 4.69) is 12.6 Å². The highest BCUT2D eigenvalue weighted by Gasteiger charge is 2.43. The van der Waals surface area contributed by atoms with Crippen LogP contribution in [-0.2, 0) is 9.59 Å². The van der Waals surface area contributed by atoms with Crippen molar-refractivity contribution in [2.75, 3.05) is 11.5 Å². The number of carboxylic acid groups (broad SMARTS) is 1. The fraction of sp³-hybridized carbons (Fsp3) is 0.467. The Balaban J connectivity index is 2.33. The smallest absolute Gasteiger partial charge is 0.327 e. The molecule has 1 aromatic carbocycles. The van der Waals surface area contributed by atoms with E-state index in [9.17, 15) is 14.7 Å². The van der Waals surface area contributed by atoms with Crippen molar-refractivity contribution in [1.82, 2.24) is 4.90 Å². The molecule has 0 aliphatic carbocycles. The molecular formula is C15H19NO3S2. The maximum atomic E-state index is 12.5. The third kappa shape index (κ3) is 3.37. The molecule has 1 amide bonds. The Hall–Kier alpha value is -1.14. The summed E-state index contributed by atoms with van der Waals surface area (Å²) in [5.41, 5.74) is 2.10. The van der Waals surface area contributed by atoms with Gasteiger partial charge in [-0.1, -0.05) is 36.8 Å². The van der Waals surface area contributed by atoms with E-state index >= 15 is 0 Å². The molecule has 6 heteroatoms. The lowest BCUT2D eigenvalue weighted by atomic mass is 10.1. The van der Waals surface area contributed by atoms with E-state index < -0.39 is 12.0 Å². The molecule has 0 bridgehead atoms. The fourth-order valence-electron chi connectivity index (χ4n) is 2.29. The number of amides is 1. The normalized spacial score (nSPS) is 23.1. The molecule has 0 aromatic heterocycles. The largest absolute Gasteiger partial charge is 0.480 e. The van der Waals surface area contributed by atoms with Crippen molar-refractivity contribution in [3.63, 3.8) is 0 Å². The van der Waals surface area contributed by atoms with Gasteiger partial charge in [0.25, 0.3) is 0 Å². The first-order chi connectivity index (χ1) is 9.95. The summed E-state index contributed by atoms with van der Waals surface area (Å²) in [6.45, 7) is 3.78. The molecule has 1 fully saturated rings. The van der Waals surface area contributed by atoms with Crippen molar-refractivity contribution in [2.45, 2.75) is 25.3 Å². The van der Waals surface area contributed by atoms with Gasteiger partial charge in [-0.25, -0.2) is 4.79 Å². The van der Waals surface area contributed by atoms with Gasteiger partial charge in [0.05, 0.1) is 0 Å². The lowest BCUT2D eigenvalue weighted by Crippen LogP contribution is -2.45. The third-order valence-electron chi connectivity index (χ3n) is 3.60. The Morgan fingerprint density at radius 3 is 2.57 bits per heavy atom. The van der Waals surface area contributed by atoms with Gasteiger partial charge in [0.1, 0.15) is 11.4 Å². The summed E-state index contributed by atoms with van der Waals surface area (Å²) in [6.07, 6.45) is 0. The number of rotatable bonds is 4. The Morgan fingerprint density at radius 2 is 2.05 bits per heavy atom. The molecule has 0 saturated carbocycles. The minimum absolute atomic E-state index is 0.145. The first-order valence-corrected chi connectivity index (χ1v) is 8.47. The lowest BCUT2D eigenvalue weighted by molar-refractivity contribution is -0.150. The average Bonchev–Trinajstić information content (AvgIpc) is 2.91. The zero-order valence-electron chi connectivity index (χ0n) is 12.0. The molecule has 3 atom stereocenters. The summed E-state index contributed by atoms with van der Waals surface area (Å²) >= 11 is 5.66. The van der Waals surface area contributed by atoms with Crippen LogP contribution in [0.4, 0.5) is 0 Å². The van der Waals surface area contributed by atoms with Gasteiger partial charge in [0.2, 0.25) is 5.91 Å². The molecule has 4 nitrogen and oxygen atoms in total. The number of nitrogens with zero attached hydrogens (tertiary/aromatic N) is 1. The SMILES string of the molecule is Cc1ccc(C2SC[C@@H](C(=O)O)N2C(=O)[C@H](C)CS)cc1. The Kier molecular flexibility index (Phi) is 5.22. The van der Waals surface area contributed by atoms with E-state index in [0.717, 1.165) is 11.1 Å². The molecule has 1 aromatic rings. The number of hydrogen-bond donors (Lipinski definition) is 2. The Labute approximate surface area is 134 Å². The Morgan fingerprint density at radius 1 is 1.43 bits per heavy atom. The first-order valence-electron chi connectivity index (χ1n) is 6.79. The van der Waals surface area contributed by atoms with Crippen molar-refractivity contribution in [3.8, 4) is 0 Å². The van der Waals surface area contributed by atoms with Crippen LogP contribution in [0.3, 0.4) is 0 Å². The molecule has 1 aliphatic heterocycles. The summed E-state index contributed by atoms with van der Waals surface area (Å²) in [5.74, 6) is -0.557. The predicted molar refractivity (Wildman–Crippen MR) is 87.7 cm³/mol. The van der Waals surface area contributed by atoms with E-state index in [0.29, 0.717) is 11.5 Å². The topological polar surface area (TPSA) is 57.6 Å². The number of carbonyl (C=O) groups excluding carboxylic acids is 1. The van der Waals surface area contributed by atoms with Gasteiger partial charge >= 0.3 is 5.97 Å². The maximum Gasteiger partial charge on any atom is 0.327 e. The van der Waals surface area contributed by atoms with Crippen LogP contribution in [0.25, 0.3) is 0 Å². The van der Waals surface area contributed by atoms with Crippen LogP contribution in [0, 0.1) is 12.8 Å². The van der Waals surface area contributed by atoms with Crippen molar-refractivity contribution in [2.24, 2.45) is 5.92 Å². The number of hydrogen-bond acceptors (Lipinski definition) is 4. The van der Waals surface area contributed by atoms with Crippen LogP contribution < -0.4 is 0 Å². The molecule has 2 rings (SSSR count). The number of benzene rings is 1. The molecule has 0 spiro atoms. The monoisotopic (exact) mass is 325 g/mol. The van der Waals surface area contributed by atoms with Crippen molar-refractivity contribution in [1.29, 1.82) is 0 Å². The highest BCUT2D eigenvalue weighted by Crippen LogP contribution is 2.42. The van der Waals surface area contributed by atoms with Crippen LogP contribution in [0.5, 0.6) is 0 Å². The molecule has 1 aliphatic rings. The van der Waals surface area contributed by atoms with Gasteiger partial charge < -0.3 is 10.0 Å². The number of thiol groups is 1. The summed E-state index contributed by atoms with van der Waals surface area (Å²) < 4.78 is 0. The Bertz CT molecular complexity index is 532. The summed E-state index contributed by atoms with van der Waals surface area (Å²) in [5, 5.41) is 9.13. The van der Waals surface area contributed by atoms with Crippen molar-refractivity contribution < 1.29 is 14.7 Å². The molecular weight excluding hydrogens is 306 g/mol. The van der Waals surface area contributed by atoms with Gasteiger partial charge in [0.15, 0.2) is 0 Å². The minimum Gasteiger partial charge on any atom is -0.480 e. The third-order valence-corrected chi connectivity index (χ3v) is 5.47. The second-order valence-electron chi connectivity index (χ2n) is 5.28. The van der Waals surface area contributed by atoms with Crippen LogP contribution in [0.2, 0.25) is 0 Å². The summed E-state index contributed by atoms with van der Waals surface area (Å²) in [4.78, 5) is 25.5.